The smallest absolute Gasteiger partial charge is 0.198 e. The van der Waals surface area contributed by atoms with E-state index >= 15 is 0 Å². The first kappa shape index (κ1) is 17.7. The van der Waals surface area contributed by atoms with E-state index in [0.717, 1.165) is 52.2 Å². The lowest BCUT2D eigenvalue weighted by molar-refractivity contribution is 0.316. The molecule has 5 heteroatoms. The van der Waals surface area contributed by atoms with Crippen molar-refractivity contribution in [1.82, 2.24) is 4.90 Å². The van der Waals surface area contributed by atoms with Crippen LogP contribution in [0.25, 0.3) is 20.2 Å². The predicted octanol–water partition coefficient (Wildman–Crippen LogP) is 4.18. The molecule has 25 heavy (non-hydrogen) atoms. The van der Waals surface area contributed by atoms with Crippen LogP contribution in [-0.2, 0) is 0 Å². The molecule has 132 valence electrons. The fourth-order valence-corrected chi connectivity index (χ4v) is 4.26. The number of nitrogens with zero attached hydrogens (tertiary/aromatic N) is 1. The maximum atomic E-state index is 13.1. The summed E-state index contributed by atoms with van der Waals surface area (Å²) in [6.45, 7) is 10.1. The summed E-state index contributed by atoms with van der Waals surface area (Å²) in [5.74, 6) is 0.125. The molecule has 3 rings (SSSR count). The number of phenolic OH excluding ortho intramolecular Hbond substituents is 1. The average molecular weight is 356 g/mol. The number of nitrogens with one attached hydrogen (secondary N) is 1. The van der Waals surface area contributed by atoms with E-state index in [1.807, 2.05) is 19.1 Å². The average Bonchev–Trinajstić information content (AvgIpc) is 2.61. The van der Waals surface area contributed by atoms with Gasteiger partial charge in [0.2, 0.25) is 0 Å². The van der Waals surface area contributed by atoms with E-state index < -0.39 is 0 Å². The molecule has 0 saturated heterocycles. The molecule has 1 aromatic heterocycles. The molecule has 4 nitrogen and oxygen atoms in total. The molecule has 3 aromatic rings. The summed E-state index contributed by atoms with van der Waals surface area (Å²) < 4.78 is 1.91. The monoisotopic (exact) mass is 356 g/mol. The third kappa shape index (κ3) is 3.48. The zero-order valence-electron chi connectivity index (χ0n) is 14.9. The number of aryl methyl sites for hydroxylation is 1. The van der Waals surface area contributed by atoms with Gasteiger partial charge < -0.3 is 15.3 Å². The number of hydrogen-bond acceptors (Lipinski definition) is 5. The van der Waals surface area contributed by atoms with Crippen molar-refractivity contribution in [2.75, 3.05) is 31.5 Å². The molecule has 2 N–H and O–H groups in total. The van der Waals surface area contributed by atoms with Crippen LogP contribution in [0, 0.1) is 6.92 Å². The van der Waals surface area contributed by atoms with Crippen LogP contribution >= 0.6 is 11.3 Å². The van der Waals surface area contributed by atoms with Crippen molar-refractivity contribution >= 4 is 37.2 Å². The topological polar surface area (TPSA) is 52.6 Å². The molecule has 0 radical (unpaired) electrons. The van der Waals surface area contributed by atoms with Gasteiger partial charge in [0.15, 0.2) is 5.43 Å². The molecule has 0 fully saturated rings. The summed E-state index contributed by atoms with van der Waals surface area (Å²) in [5.41, 5.74) is 1.95. The minimum absolute atomic E-state index is 0.0197. The van der Waals surface area contributed by atoms with Crippen molar-refractivity contribution in [2.24, 2.45) is 0 Å². The summed E-state index contributed by atoms with van der Waals surface area (Å²) >= 11 is 1.60. The zero-order chi connectivity index (χ0) is 18.0. The molecular formula is C20H24N2O2S. The van der Waals surface area contributed by atoms with E-state index in [2.05, 4.69) is 30.1 Å². The molecule has 0 atom stereocenters. The van der Waals surface area contributed by atoms with Gasteiger partial charge in [0.1, 0.15) is 5.75 Å². The van der Waals surface area contributed by atoms with Gasteiger partial charge in [0.05, 0.1) is 5.39 Å². The van der Waals surface area contributed by atoms with Crippen molar-refractivity contribution in [1.29, 1.82) is 0 Å². The first-order valence-electron chi connectivity index (χ1n) is 8.70. The van der Waals surface area contributed by atoms with Gasteiger partial charge in [-0.2, -0.15) is 0 Å². The quantitative estimate of drug-likeness (QED) is 0.651. The molecule has 2 aromatic carbocycles. The van der Waals surface area contributed by atoms with Gasteiger partial charge in [0, 0.05) is 33.6 Å². The van der Waals surface area contributed by atoms with E-state index in [0.29, 0.717) is 5.39 Å². The highest BCUT2D eigenvalue weighted by Gasteiger charge is 2.12. The number of aromatic hydroxyl groups is 1. The van der Waals surface area contributed by atoms with Crippen LogP contribution in [0.2, 0.25) is 0 Å². The Hall–Kier alpha value is -2.11. The number of phenols is 1. The fourth-order valence-electron chi connectivity index (χ4n) is 3.11. The Bertz CT molecular complexity index is 961. The first-order chi connectivity index (χ1) is 12.0. The van der Waals surface area contributed by atoms with E-state index in [1.165, 1.54) is 0 Å². The molecule has 0 bridgehead atoms. The summed E-state index contributed by atoms with van der Waals surface area (Å²) in [6, 6.07) is 9.06. The van der Waals surface area contributed by atoms with Crippen molar-refractivity contribution in [3.8, 4) is 5.75 Å². The maximum absolute atomic E-state index is 13.1. The molecule has 0 spiro atoms. The number of rotatable bonds is 6. The fraction of sp³-hybridized carbons (Fsp3) is 0.350. The molecular weight excluding hydrogens is 332 g/mol. The van der Waals surface area contributed by atoms with Gasteiger partial charge >= 0.3 is 0 Å². The van der Waals surface area contributed by atoms with Crippen LogP contribution in [-0.4, -0.2) is 36.2 Å². The first-order valence-corrected chi connectivity index (χ1v) is 9.52. The van der Waals surface area contributed by atoms with E-state index in [1.54, 1.807) is 23.5 Å². The molecule has 0 amide bonds. The second kappa shape index (κ2) is 7.42. The lowest BCUT2D eigenvalue weighted by Crippen LogP contribution is -2.28. The van der Waals surface area contributed by atoms with Crippen LogP contribution in [0.15, 0.2) is 35.1 Å². The maximum Gasteiger partial charge on any atom is 0.198 e. The SMILES string of the molecule is CCN(CC)CCNc1ccc(C)c2sc3ccc(O)cc3c(=O)c12. The Labute approximate surface area is 151 Å². The van der Waals surface area contributed by atoms with Gasteiger partial charge in [0.25, 0.3) is 0 Å². The summed E-state index contributed by atoms with van der Waals surface area (Å²) in [5, 5.41) is 14.5. The molecule has 0 aliphatic rings. The Kier molecular flexibility index (Phi) is 5.25. The highest BCUT2D eigenvalue weighted by molar-refractivity contribution is 7.24. The highest BCUT2D eigenvalue weighted by Crippen LogP contribution is 2.32. The minimum Gasteiger partial charge on any atom is -0.508 e. The summed E-state index contributed by atoms with van der Waals surface area (Å²) in [4.78, 5) is 15.4. The molecule has 0 saturated carbocycles. The Morgan fingerprint density at radius 3 is 2.64 bits per heavy atom. The third-order valence-electron chi connectivity index (χ3n) is 4.64. The van der Waals surface area contributed by atoms with Gasteiger partial charge in [-0.3, -0.25) is 4.79 Å². The van der Waals surface area contributed by atoms with Crippen LogP contribution in [0.1, 0.15) is 19.4 Å². The number of fused-ring (bicyclic) bond motifs is 2. The number of likely N-dealkylation sites (N-methyl/N-ethyl adjacent to an activating group) is 1. The Balaban J connectivity index is 2.07. The number of hydrogen-bond donors (Lipinski definition) is 2. The summed E-state index contributed by atoms with van der Waals surface area (Å²) in [7, 11) is 0. The standard InChI is InChI=1S/C20H24N2O2S/c1-4-22(5-2)11-10-21-16-8-6-13(3)20-18(16)19(24)15-12-14(23)7-9-17(15)25-20/h6-9,12,21,23H,4-5,10-11H2,1-3H3. The van der Waals surface area contributed by atoms with Gasteiger partial charge in [-0.25, -0.2) is 0 Å². The van der Waals surface area contributed by atoms with Crippen LogP contribution in [0.3, 0.4) is 0 Å². The lowest BCUT2D eigenvalue weighted by Gasteiger charge is -2.19. The molecule has 1 heterocycles. The van der Waals surface area contributed by atoms with E-state index in [4.69, 9.17) is 0 Å². The predicted molar refractivity (Wildman–Crippen MR) is 108 cm³/mol. The van der Waals surface area contributed by atoms with Crippen LogP contribution in [0.5, 0.6) is 5.75 Å². The van der Waals surface area contributed by atoms with Crippen LogP contribution < -0.4 is 10.7 Å². The van der Waals surface area contributed by atoms with Crippen molar-refractivity contribution < 1.29 is 5.11 Å². The van der Waals surface area contributed by atoms with Gasteiger partial charge in [-0.15, -0.1) is 11.3 Å². The van der Waals surface area contributed by atoms with Crippen molar-refractivity contribution in [2.45, 2.75) is 20.8 Å². The largest absolute Gasteiger partial charge is 0.508 e. The minimum atomic E-state index is -0.0197. The lowest BCUT2D eigenvalue weighted by atomic mass is 10.1. The van der Waals surface area contributed by atoms with Crippen molar-refractivity contribution in [3.05, 3.63) is 46.1 Å². The molecule has 0 aliphatic heterocycles. The van der Waals surface area contributed by atoms with Gasteiger partial charge in [-0.05, 0) is 49.8 Å². The van der Waals surface area contributed by atoms with E-state index in [9.17, 15) is 9.90 Å². The number of anilines is 1. The second-order valence-corrected chi connectivity index (χ2v) is 7.25. The van der Waals surface area contributed by atoms with E-state index in [-0.39, 0.29) is 11.2 Å². The summed E-state index contributed by atoms with van der Waals surface area (Å²) in [6.07, 6.45) is 0. The molecule has 0 unspecified atom stereocenters. The van der Waals surface area contributed by atoms with Crippen LogP contribution in [0.4, 0.5) is 5.69 Å². The van der Waals surface area contributed by atoms with Crippen molar-refractivity contribution in [3.63, 3.8) is 0 Å². The second-order valence-electron chi connectivity index (χ2n) is 6.20. The molecule has 0 aliphatic carbocycles. The normalized spacial score (nSPS) is 11.5. The van der Waals surface area contributed by atoms with Gasteiger partial charge in [-0.1, -0.05) is 19.9 Å². The Morgan fingerprint density at radius 1 is 1.16 bits per heavy atom. The number of benzene rings is 2. The highest BCUT2D eigenvalue weighted by atomic mass is 32.1. The zero-order valence-corrected chi connectivity index (χ0v) is 15.7. The third-order valence-corrected chi connectivity index (χ3v) is 5.95. The Morgan fingerprint density at radius 2 is 1.92 bits per heavy atom.